The van der Waals surface area contributed by atoms with Gasteiger partial charge in [-0.15, -0.1) is 0 Å². The number of alkyl halides is 3. The van der Waals surface area contributed by atoms with Gasteiger partial charge in [-0.05, 0) is 0 Å². The zero-order chi connectivity index (χ0) is 7.71. The maximum atomic E-state index is 11.5. The zero-order valence-electron chi connectivity index (χ0n) is 5.79. The molecule has 4 heteroatoms. The van der Waals surface area contributed by atoms with Crippen LogP contribution in [0.2, 0.25) is 0 Å². The molecular weight excluding hydrogens is 131 g/mol. The molecule has 0 aliphatic rings. The molecule has 0 unspecified atom stereocenters. The van der Waals surface area contributed by atoms with Crippen molar-refractivity contribution in [2.24, 2.45) is 0 Å². The fourth-order valence-electron chi connectivity index (χ4n) is 0.538. The van der Waals surface area contributed by atoms with Gasteiger partial charge in [0.05, 0.1) is 21.1 Å². The van der Waals surface area contributed by atoms with E-state index in [2.05, 4.69) is 0 Å². The quantitative estimate of drug-likeness (QED) is 0.483. The normalized spacial score (nSPS) is 14.0. The highest BCUT2D eigenvalue weighted by Crippen LogP contribution is 2.17. The van der Waals surface area contributed by atoms with Gasteiger partial charge in [-0.3, -0.25) is 0 Å². The van der Waals surface area contributed by atoms with Gasteiger partial charge in [-0.2, -0.15) is 13.2 Å². The number of hydrogen-bond donors (Lipinski definition) is 0. The molecule has 0 atom stereocenters. The first-order valence-electron chi connectivity index (χ1n) is 2.58. The van der Waals surface area contributed by atoms with Crippen LogP contribution in [0.4, 0.5) is 13.2 Å². The first-order valence-corrected chi connectivity index (χ1v) is 2.58. The van der Waals surface area contributed by atoms with Crippen LogP contribution in [0.1, 0.15) is 0 Å². The summed E-state index contributed by atoms with van der Waals surface area (Å²) in [4.78, 5) is 0. The standard InChI is InChI=1S/C5H11F3N/c1-9(2,3)4-5(6,7)8/h4H2,1-3H3/q+1. The summed E-state index contributed by atoms with van der Waals surface area (Å²) >= 11 is 0. The Balaban J connectivity index is 3.75. The van der Waals surface area contributed by atoms with Gasteiger partial charge in [-0.1, -0.05) is 0 Å². The van der Waals surface area contributed by atoms with Crippen molar-refractivity contribution in [3.05, 3.63) is 0 Å². The number of nitrogens with zero attached hydrogens (tertiary/aromatic N) is 1. The molecule has 0 fully saturated rings. The van der Waals surface area contributed by atoms with E-state index in [1.807, 2.05) is 0 Å². The fraction of sp³-hybridized carbons (Fsp3) is 1.00. The molecule has 0 aromatic heterocycles. The summed E-state index contributed by atoms with van der Waals surface area (Å²) in [7, 11) is 4.52. The Kier molecular flexibility index (Phi) is 2.11. The average Bonchev–Trinajstić information content (AvgIpc) is 1.14. The van der Waals surface area contributed by atoms with Crippen LogP contribution < -0.4 is 0 Å². The lowest BCUT2D eigenvalue weighted by Crippen LogP contribution is -2.42. The highest BCUT2D eigenvalue weighted by Gasteiger charge is 2.34. The van der Waals surface area contributed by atoms with E-state index in [1.54, 1.807) is 0 Å². The molecule has 0 aliphatic carbocycles. The van der Waals surface area contributed by atoms with E-state index >= 15 is 0 Å². The first-order chi connectivity index (χ1) is 3.71. The van der Waals surface area contributed by atoms with E-state index in [9.17, 15) is 13.2 Å². The lowest BCUT2D eigenvalue weighted by Gasteiger charge is -2.24. The highest BCUT2D eigenvalue weighted by molar-refractivity contribution is 4.43. The monoisotopic (exact) mass is 142 g/mol. The maximum absolute atomic E-state index is 11.5. The summed E-state index contributed by atoms with van der Waals surface area (Å²) in [5.74, 6) is 0. The Hall–Kier alpha value is -0.250. The van der Waals surface area contributed by atoms with E-state index in [0.717, 1.165) is 0 Å². The second-order valence-electron chi connectivity index (χ2n) is 3.06. The molecule has 0 bridgehead atoms. The molecule has 56 valence electrons. The zero-order valence-corrected chi connectivity index (χ0v) is 5.79. The van der Waals surface area contributed by atoms with Crippen LogP contribution in [0.15, 0.2) is 0 Å². The average molecular weight is 142 g/mol. The van der Waals surface area contributed by atoms with Crippen molar-refractivity contribution in [2.45, 2.75) is 6.18 Å². The maximum Gasteiger partial charge on any atom is 0.438 e. The number of quaternary nitrogens is 1. The van der Waals surface area contributed by atoms with Crippen LogP contribution in [-0.2, 0) is 0 Å². The number of rotatable bonds is 1. The Morgan fingerprint density at radius 1 is 1.11 bits per heavy atom. The van der Waals surface area contributed by atoms with Crippen molar-refractivity contribution < 1.29 is 17.7 Å². The van der Waals surface area contributed by atoms with Gasteiger partial charge in [0, 0.05) is 0 Å². The molecule has 0 aromatic carbocycles. The molecule has 9 heavy (non-hydrogen) atoms. The van der Waals surface area contributed by atoms with Crippen LogP contribution in [-0.4, -0.2) is 38.3 Å². The van der Waals surface area contributed by atoms with Crippen LogP contribution in [0.3, 0.4) is 0 Å². The lowest BCUT2D eigenvalue weighted by molar-refractivity contribution is -0.881. The third-order valence-corrected chi connectivity index (χ3v) is 0.654. The molecule has 0 spiro atoms. The van der Waals surface area contributed by atoms with Gasteiger partial charge in [0.1, 0.15) is 0 Å². The largest absolute Gasteiger partial charge is 0.438 e. The van der Waals surface area contributed by atoms with E-state index in [1.165, 1.54) is 21.1 Å². The van der Waals surface area contributed by atoms with Gasteiger partial charge in [0.25, 0.3) is 0 Å². The summed E-state index contributed by atoms with van der Waals surface area (Å²) in [6, 6.07) is 0. The molecule has 0 saturated heterocycles. The minimum Gasteiger partial charge on any atom is -0.323 e. The molecule has 0 rings (SSSR count). The van der Waals surface area contributed by atoms with Crippen LogP contribution in [0, 0.1) is 0 Å². The van der Waals surface area contributed by atoms with E-state index in [0.29, 0.717) is 0 Å². The molecule has 0 heterocycles. The summed E-state index contributed by atoms with van der Waals surface area (Å²) in [5, 5.41) is 0. The van der Waals surface area contributed by atoms with Gasteiger partial charge >= 0.3 is 6.18 Å². The fourth-order valence-corrected chi connectivity index (χ4v) is 0.538. The second kappa shape index (κ2) is 2.17. The van der Waals surface area contributed by atoms with Gasteiger partial charge in [0.2, 0.25) is 0 Å². The smallest absolute Gasteiger partial charge is 0.323 e. The van der Waals surface area contributed by atoms with Crippen LogP contribution in [0.25, 0.3) is 0 Å². The van der Waals surface area contributed by atoms with E-state index < -0.39 is 12.7 Å². The number of halogens is 3. The number of hydrogen-bond acceptors (Lipinski definition) is 0. The molecule has 0 radical (unpaired) electrons. The minimum atomic E-state index is -4.04. The van der Waals surface area contributed by atoms with E-state index in [-0.39, 0.29) is 4.48 Å². The topological polar surface area (TPSA) is 0 Å². The van der Waals surface area contributed by atoms with Crippen molar-refractivity contribution in [2.75, 3.05) is 27.7 Å². The molecule has 0 aromatic rings. The third kappa shape index (κ3) is 7.75. The van der Waals surface area contributed by atoms with Gasteiger partial charge in [-0.25, -0.2) is 0 Å². The molecule has 0 N–H and O–H groups in total. The second-order valence-corrected chi connectivity index (χ2v) is 3.06. The van der Waals surface area contributed by atoms with Crippen molar-refractivity contribution in [1.29, 1.82) is 0 Å². The Bertz CT molecular complexity index is 77.4. The Morgan fingerprint density at radius 2 is 1.44 bits per heavy atom. The molecule has 0 saturated carbocycles. The summed E-state index contributed by atoms with van der Waals surface area (Å²) in [6.07, 6.45) is -4.04. The summed E-state index contributed by atoms with van der Waals surface area (Å²) in [5.41, 5.74) is 0. The van der Waals surface area contributed by atoms with Crippen LogP contribution in [0.5, 0.6) is 0 Å². The minimum absolute atomic E-state index is 0.0660. The van der Waals surface area contributed by atoms with Gasteiger partial charge in [0.15, 0.2) is 6.54 Å². The first kappa shape index (κ1) is 8.75. The lowest BCUT2D eigenvalue weighted by atomic mass is 10.5. The van der Waals surface area contributed by atoms with E-state index in [4.69, 9.17) is 0 Å². The predicted molar refractivity (Wildman–Crippen MR) is 29.0 cm³/mol. The predicted octanol–water partition coefficient (Wildman–Crippen LogP) is 1.25. The molecule has 0 aliphatic heterocycles. The summed E-state index contributed by atoms with van der Waals surface area (Å²) < 4.78 is 34.5. The van der Waals surface area contributed by atoms with Crippen molar-refractivity contribution >= 4 is 0 Å². The van der Waals surface area contributed by atoms with Gasteiger partial charge < -0.3 is 4.48 Å². The third-order valence-electron chi connectivity index (χ3n) is 0.654. The van der Waals surface area contributed by atoms with Crippen molar-refractivity contribution in [3.63, 3.8) is 0 Å². The van der Waals surface area contributed by atoms with Crippen molar-refractivity contribution in [3.8, 4) is 0 Å². The Labute approximate surface area is 52.7 Å². The van der Waals surface area contributed by atoms with Crippen molar-refractivity contribution in [1.82, 2.24) is 0 Å². The highest BCUT2D eigenvalue weighted by atomic mass is 19.4. The molecule has 0 amide bonds. The summed E-state index contributed by atoms with van der Waals surface area (Å²) in [6.45, 7) is -0.771. The Morgan fingerprint density at radius 3 is 1.44 bits per heavy atom. The van der Waals surface area contributed by atoms with Crippen LogP contribution >= 0.6 is 0 Å². The SMILES string of the molecule is C[N+](C)(C)CC(F)(F)F. The molecular formula is C5H11F3N+. The molecule has 1 nitrogen and oxygen atoms in total.